The van der Waals surface area contributed by atoms with E-state index in [1.165, 1.54) is 5.56 Å². The monoisotopic (exact) mass is 328 g/mol. The lowest BCUT2D eigenvalue weighted by atomic mass is 10.2. The van der Waals surface area contributed by atoms with Crippen molar-refractivity contribution >= 4 is 27.3 Å². The van der Waals surface area contributed by atoms with Crippen molar-refractivity contribution in [1.82, 2.24) is 9.55 Å². The van der Waals surface area contributed by atoms with Crippen LogP contribution in [0.15, 0.2) is 22.2 Å². The summed E-state index contributed by atoms with van der Waals surface area (Å²) >= 11 is 5.08. The normalized spacial score (nSPS) is 12.9. The minimum atomic E-state index is -0.474. The number of aliphatic hydroxyl groups is 1. The lowest BCUT2D eigenvalue weighted by Gasteiger charge is -2.10. The molecule has 0 fully saturated rings. The van der Waals surface area contributed by atoms with E-state index < -0.39 is 6.10 Å². The molecule has 98 valence electrons. The molecule has 1 atom stereocenters. The van der Waals surface area contributed by atoms with E-state index in [1.54, 1.807) is 17.5 Å². The summed E-state index contributed by atoms with van der Waals surface area (Å²) in [5.74, 6) is 0.950. The fourth-order valence-electron chi connectivity index (χ4n) is 1.90. The summed E-state index contributed by atoms with van der Waals surface area (Å²) in [5, 5.41) is 10.3. The van der Waals surface area contributed by atoms with Gasteiger partial charge < -0.3 is 9.67 Å². The third kappa shape index (κ3) is 3.02. The summed E-state index contributed by atoms with van der Waals surface area (Å²) in [6.07, 6.45) is 4.94. The highest BCUT2D eigenvalue weighted by atomic mass is 79.9. The Labute approximate surface area is 120 Å². The fraction of sp³-hybridized carbons (Fsp3) is 0.462. The second-order valence-corrected chi connectivity index (χ2v) is 6.76. The van der Waals surface area contributed by atoms with Gasteiger partial charge in [0.1, 0.15) is 5.82 Å². The number of aryl methyl sites for hydroxylation is 2. The first-order valence-electron chi connectivity index (χ1n) is 6.05. The van der Waals surface area contributed by atoms with Gasteiger partial charge in [-0.05, 0) is 40.9 Å². The smallest absolute Gasteiger partial charge is 0.111 e. The van der Waals surface area contributed by atoms with E-state index >= 15 is 0 Å². The van der Waals surface area contributed by atoms with Crippen molar-refractivity contribution in [2.75, 3.05) is 0 Å². The molecule has 2 heterocycles. The van der Waals surface area contributed by atoms with Gasteiger partial charge >= 0.3 is 0 Å². The Balaban J connectivity index is 2.10. The molecule has 0 spiro atoms. The van der Waals surface area contributed by atoms with Gasteiger partial charge in [-0.2, -0.15) is 0 Å². The fourth-order valence-corrected chi connectivity index (χ4v) is 3.45. The van der Waals surface area contributed by atoms with Crippen molar-refractivity contribution in [2.24, 2.45) is 0 Å². The van der Waals surface area contributed by atoms with Crippen molar-refractivity contribution in [2.45, 2.75) is 39.3 Å². The molecule has 2 aromatic heterocycles. The largest absolute Gasteiger partial charge is 0.387 e. The number of nitrogens with zero attached hydrogens (tertiary/aromatic N) is 2. The Hall–Kier alpha value is -0.650. The molecule has 2 rings (SSSR count). The first-order valence-corrected chi connectivity index (χ1v) is 7.66. The predicted octanol–water partition coefficient (Wildman–Crippen LogP) is 3.70. The van der Waals surface area contributed by atoms with Crippen LogP contribution in [0, 0.1) is 6.92 Å². The summed E-state index contributed by atoms with van der Waals surface area (Å²) < 4.78 is 3.20. The predicted molar refractivity (Wildman–Crippen MR) is 77.9 cm³/mol. The van der Waals surface area contributed by atoms with Crippen molar-refractivity contribution in [3.05, 3.63) is 38.5 Å². The van der Waals surface area contributed by atoms with E-state index in [2.05, 4.69) is 32.4 Å². The maximum Gasteiger partial charge on any atom is 0.111 e. The molecule has 0 aliphatic carbocycles. The summed E-state index contributed by atoms with van der Waals surface area (Å²) in [6, 6.07) is 2.03. The minimum absolute atomic E-state index is 0.474. The van der Waals surface area contributed by atoms with E-state index in [4.69, 9.17) is 0 Å². The number of hydrogen-bond donors (Lipinski definition) is 1. The van der Waals surface area contributed by atoms with Crippen LogP contribution in [-0.2, 0) is 13.0 Å². The third-order valence-electron chi connectivity index (χ3n) is 2.85. The molecule has 0 aliphatic heterocycles. The minimum Gasteiger partial charge on any atom is -0.387 e. The van der Waals surface area contributed by atoms with Crippen LogP contribution < -0.4 is 0 Å². The Morgan fingerprint density at radius 1 is 1.56 bits per heavy atom. The van der Waals surface area contributed by atoms with Crippen molar-refractivity contribution in [3.63, 3.8) is 0 Å². The Morgan fingerprint density at radius 2 is 2.33 bits per heavy atom. The van der Waals surface area contributed by atoms with Crippen LogP contribution in [0.25, 0.3) is 0 Å². The quantitative estimate of drug-likeness (QED) is 0.908. The molecule has 1 unspecified atom stereocenters. The molecule has 0 radical (unpaired) electrons. The number of thiophene rings is 1. The van der Waals surface area contributed by atoms with Crippen LogP contribution in [-0.4, -0.2) is 14.7 Å². The summed E-state index contributed by atoms with van der Waals surface area (Å²) in [5.41, 5.74) is 1.17. The van der Waals surface area contributed by atoms with E-state index in [9.17, 15) is 5.11 Å². The molecule has 0 saturated carbocycles. The Kier molecular flexibility index (Phi) is 4.59. The number of aliphatic hydroxyl groups excluding tert-OH is 1. The summed E-state index contributed by atoms with van der Waals surface area (Å²) in [7, 11) is 0. The number of rotatable bonds is 5. The van der Waals surface area contributed by atoms with Gasteiger partial charge in [-0.25, -0.2) is 4.98 Å². The van der Waals surface area contributed by atoms with Gasteiger partial charge in [0.05, 0.1) is 9.89 Å². The highest BCUT2D eigenvalue weighted by Gasteiger charge is 2.15. The van der Waals surface area contributed by atoms with Crippen LogP contribution in [0.5, 0.6) is 0 Å². The zero-order chi connectivity index (χ0) is 13.1. The van der Waals surface area contributed by atoms with Crippen molar-refractivity contribution in [1.29, 1.82) is 0 Å². The van der Waals surface area contributed by atoms with Gasteiger partial charge in [-0.3, -0.25) is 0 Å². The van der Waals surface area contributed by atoms with Gasteiger partial charge in [0.25, 0.3) is 0 Å². The standard InChI is InChI=1S/C13H17BrN2OS/c1-3-5-16-6-4-15-12(16)8-10(17)11-7-9(2)13(14)18-11/h4,6-7,10,17H,3,5,8H2,1-2H3. The maximum atomic E-state index is 10.3. The van der Waals surface area contributed by atoms with Gasteiger partial charge in [-0.15, -0.1) is 11.3 Å². The second-order valence-electron chi connectivity index (χ2n) is 4.36. The van der Waals surface area contributed by atoms with E-state index in [1.807, 2.05) is 19.2 Å². The molecule has 2 aromatic rings. The SMILES string of the molecule is CCCn1ccnc1CC(O)c1cc(C)c(Br)s1. The van der Waals surface area contributed by atoms with Crippen LogP contribution in [0.3, 0.4) is 0 Å². The first-order chi connectivity index (χ1) is 8.61. The first kappa shape index (κ1) is 13.8. The van der Waals surface area contributed by atoms with Gasteiger partial charge in [0.15, 0.2) is 0 Å². The van der Waals surface area contributed by atoms with Gasteiger partial charge in [0.2, 0.25) is 0 Å². The van der Waals surface area contributed by atoms with Crippen molar-refractivity contribution < 1.29 is 5.11 Å². The zero-order valence-corrected chi connectivity index (χ0v) is 13.0. The molecule has 0 bridgehead atoms. The van der Waals surface area contributed by atoms with E-state index in [0.29, 0.717) is 6.42 Å². The van der Waals surface area contributed by atoms with Crippen LogP contribution >= 0.6 is 27.3 Å². The van der Waals surface area contributed by atoms with Gasteiger partial charge in [0, 0.05) is 30.2 Å². The third-order valence-corrected chi connectivity index (χ3v) is 5.08. The molecule has 0 aromatic carbocycles. The molecular formula is C13H17BrN2OS. The van der Waals surface area contributed by atoms with Crippen LogP contribution in [0.2, 0.25) is 0 Å². The summed E-state index contributed by atoms with van der Waals surface area (Å²) in [6.45, 7) is 5.13. The average Bonchev–Trinajstić information content (AvgIpc) is 2.88. The highest BCUT2D eigenvalue weighted by Crippen LogP contribution is 2.32. The molecule has 0 amide bonds. The molecule has 0 aliphatic rings. The van der Waals surface area contributed by atoms with E-state index in [0.717, 1.165) is 27.5 Å². The molecule has 3 nitrogen and oxygen atoms in total. The van der Waals surface area contributed by atoms with Crippen molar-refractivity contribution in [3.8, 4) is 0 Å². The van der Waals surface area contributed by atoms with Crippen LogP contribution in [0.1, 0.15) is 35.7 Å². The molecule has 5 heteroatoms. The number of aromatic nitrogens is 2. The molecular weight excluding hydrogens is 312 g/mol. The lowest BCUT2D eigenvalue weighted by molar-refractivity contribution is 0.178. The molecule has 0 saturated heterocycles. The Morgan fingerprint density at radius 3 is 2.94 bits per heavy atom. The molecule has 1 N–H and O–H groups in total. The summed E-state index contributed by atoms with van der Waals surface area (Å²) in [4.78, 5) is 5.32. The molecule has 18 heavy (non-hydrogen) atoms. The van der Waals surface area contributed by atoms with Gasteiger partial charge in [-0.1, -0.05) is 6.92 Å². The average molecular weight is 329 g/mol. The topological polar surface area (TPSA) is 38.0 Å². The van der Waals surface area contributed by atoms with E-state index in [-0.39, 0.29) is 0 Å². The highest BCUT2D eigenvalue weighted by molar-refractivity contribution is 9.11. The number of imidazole rings is 1. The Bertz CT molecular complexity index is 501. The second kappa shape index (κ2) is 5.99. The lowest BCUT2D eigenvalue weighted by Crippen LogP contribution is -2.08. The number of halogens is 1. The van der Waals surface area contributed by atoms with Crippen LogP contribution in [0.4, 0.5) is 0 Å². The maximum absolute atomic E-state index is 10.3. The number of hydrogen-bond acceptors (Lipinski definition) is 3. The zero-order valence-electron chi connectivity index (χ0n) is 10.6.